The average molecular weight is 516 g/mol. The highest BCUT2D eigenvalue weighted by atomic mass is 32.2. The third kappa shape index (κ3) is 5.63. The molecule has 0 aromatic carbocycles. The molecule has 0 radical (unpaired) electrons. The zero-order valence-corrected chi connectivity index (χ0v) is 21.2. The second kappa shape index (κ2) is 8.72. The fourth-order valence-corrected chi connectivity index (χ4v) is 8.41. The van der Waals surface area contributed by atoms with Gasteiger partial charge in [0.1, 0.15) is 22.4 Å². The van der Waals surface area contributed by atoms with Gasteiger partial charge in [-0.05, 0) is 0 Å². The molecular weight excluding hydrogens is 482 g/mol. The molecule has 35 heavy (non-hydrogen) atoms. The van der Waals surface area contributed by atoms with Crippen molar-refractivity contribution in [2.24, 2.45) is 0 Å². The number of ether oxygens (including phenoxy) is 4. The van der Waals surface area contributed by atoms with Gasteiger partial charge in [0.25, 0.3) is 0 Å². The van der Waals surface area contributed by atoms with Gasteiger partial charge in [0, 0.05) is 78.9 Å². The van der Waals surface area contributed by atoms with E-state index in [1.807, 2.05) is 4.90 Å². The molecule has 0 unspecified atom stereocenters. The van der Waals surface area contributed by atoms with Crippen LogP contribution in [0.1, 0.15) is 65.7 Å². The molecule has 5 aliphatic rings. The van der Waals surface area contributed by atoms with Crippen LogP contribution in [0, 0.1) is 0 Å². The molecule has 4 saturated carbocycles. The van der Waals surface area contributed by atoms with Crippen molar-refractivity contribution in [3.63, 3.8) is 0 Å². The van der Waals surface area contributed by atoms with E-state index in [9.17, 15) is 27.6 Å². The Morgan fingerprint density at radius 1 is 0.657 bits per heavy atom. The molecule has 1 aliphatic heterocycles. The first-order valence-electron chi connectivity index (χ1n) is 11.9. The Bertz CT molecular complexity index is 936. The maximum absolute atomic E-state index is 13.0. The zero-order chi connectivity index (χ0) is 25.7. The summed E-state index contributed by atoms with van der Waals surface area (Å²) in [6.45, 7) is 4.93. The summed E-state index contributed by atoms with van der Waals surface area (Å²) in [6, 6.07) is 0. The van der Waals surface area contributed by atoms with Crippen molar-refractivity contribution in [2.75, 3.05) is 31.1 Å². The minimum atomic E-state index is -3.02. The fraction of sp³-hybridized carbons (Fsp3) is 0.826. The van der Waals surface area contributed by atoms with Gasteiger partial charge in [-0.1, -0.05) is 0 Å². The van der Waals surface area contributed by atoms with Gasteiger partial charge in [0.05, 0.1) is 17.9 Å². The maximum Gasteiger partial charge on any atom is 0.307 e. The lowest BCUT2D eigenvalue weighted by molar-refractivity contribution is -0.308. The maximum atomic E-state index is 13.0. The van der Waals surface area contributed by atoms with E-state index in [1.165, 1.54) is 20.8 Å². The number of carbonyl (C=O) groups is 4. The van der Waals surface area contributed by atoms with Crippen LogP contribution in [0.25, 0.3) is 0 Å². The highest BCUT2D eigenvalue weighted by molar-refractivity contribution is 7.91. The molecule has 5 rings (SSSR count). The van der Waals surface area contributed by atoms with Crippen molar-refractivity contribution in [3.05, 3.63) is 0 Å². The van der Waals surface area contributed by atoms with E-state index in [1.54, 1.807) is 0 Å². The van der Waals surface area contributed by atoms with Crippen molar-refractivity contribution >= 4 is 33.7 Å². The Balaban J connectivity index is 1.56. The van der Waals surface area contributed by atoms with E-state index in [4.69, 9.17) is 18.9 Å². The molecule has 4 aliphatic carbocycles. The van der Waals surface area contributed by atoms with Gasteiger partial charge < -0.3 is 23.8 Å². The molecule has 1 saturated heterocycles. The summed E-state index contributed by atoms with van der Waals surface area (Å²) in [5.41, 5.74) is -4.45. The molecule has 0 aromatic heterocycles. The van der Waals surface area contributed by atoms with Crippen LogP contribution < -0.4 is 0 Å². The summed E-state index contributed by atoms with van der Waals surface area (Å²) in [6.07, 6.45) is 1.43. The lowest BCUT2D eigenvalue weighted by Crippen LogP contribution is -2.74. The topological polar surface area (TPSA) is 143 Å². The first kappa shape index (κ1) is 25.9. The van der Waals surface area contributed by atoms with E-state index >= 15 is 0 Å². The summed E-state index contributed by atoms with van der Waals surface area (Å²) < 4.78 is 46.6. The number of esters is 4. The summed E-state index contributed by atoms with van der Waals surface area (Å²) in [5.74, 6) is -1.94. The Hall–Kier alpha value is -2.21. The first-order valence-corrected chi connectivity index (χ1v) is 13.7. The van der Waals surface area contributed by atoms with Crippen molar-refractivity contribution < 1.29 is 46.5 Å². The zero-order valence-electron chi connectivity index (χ0n) is 20.4. The Morgan fingerprint density at radius 3 is 1.34 bits per heavy atom. The summed E-state index contributed by atoms with van der Waals surface area (Å²) in [7, 11) is -3.02. The van der Waals surface area contributed by atoms with Gasteiger partial charge in [-0.25, -0.2) is 8.42 Å². The number of rotatable bonds is 7. The van der Waals surface area contributed by atoms with Gasteiger partial charge in [0.15, 0.2) is 9.84 Å². The Labute approximate surface area is 204 Å². The molecule has 0 atom stereocenters. The van der Waals surface area contributed by atoms with E-state index in [0.29, 0.717) is 19.6 Å². The quantitative estimate of drug-likeness (QED) is 0.349. The molecule has 0 spiro atoms. The van der Waals surface area contributed by atoms with Crippen LogP contribution in [0.2, 0.25) is 0 Å². The van der Waals surface area contributed by atoms with Crippen LogP contribution in [0.3, 0.4) is 0 Å². The van der Waals surface area contributed by atoms with Gasteiger partial charge in [-0.2, -0.15) is 0 Å². The van der Waals surface area contributed by atoms with Crippen LogP contribution >= 0.6 is 0 Å². The van der Waals surface area contributed by atoms with Crippen molar-refractivity contribution in [3.8, 4) is 0 Å². The van der Waals surface area contributed by atoms with Gasteiger partial charge in [0.2, 0.25) is 0 Å². The van der Waals surface area contributed by atoms with Gasteiger partial charge in [-0.15, -0.1) is 0 Å². The van der Waals surface area contributed by atoms with Crippen LogP contribution in [0.5, 0.6) is 0 Å². The van der Waals surface area contributed by atoms with Crippen LogP contribution in [-0.2, 0) is 48.0 Å². The van der Waals surface area contributed by atoms with Crippen LogP contribution in [0.4, 0.5) is 0 Å². The van der Waals surface area contributed by atoms with E-state index in [-0.39, 0.29) is 56.5 Å². The average Bonchev–Trinajstić information content (AvgIpc) is 2.62. The molecule has 196 valence electrons. The SMILES string of the molecule is CC(=O)OC12CC3(OC(C)=O)CC(OC(C)=O)(C1)CC(OC(=O)CCN1CCS(=O)(=O)CC1)(C2)C3. The normalized spacial score (nSPS) is 37.3. The molecule has 12 heteroatoms. The summed E-state index contributed by atoms with van der Waals surface area (Å²) in [4.78, 5) is 51.0. The predicted octanol–water partition coefficient (Wildman–Crippen LogP) is 0.676. The lowest BCUT2D eigenvalue weighted by Gasteiger charge is -2.66. The van der Waals surface area contributed by atoms with E-state index in [0.717, 1.165) is 0 Å². The first-order chi connectivity index (χ1) is 16.2. The molecule has 0 N–H and O–H groups in total. The summed E-state index contributed by atoms with van der Waals surface area (Å²) >= 11 is 0. The Morgan fingerprint density at radius 2 is 1.00 bits per heavy atom. The molecule has 1 heterocycles. The van der Waals surface area contributed by atoms with Crippen LogP contribution in [0.15, 0.2) is 0 Å². The third-order valence-electron chi connectivity index (χ3n) is 7.35. The standard InChI is InChI=1S/C23H33NO10S/c1-16(25)31-20-10-21(32-17(2)26)12-22(11-20,33-18(3)27)15-23(13-20,14-21)34-19(28)4-5-24-6-8-35(29,30)9-7-24/h4-15H2,1-3H3. The minimum absolute atomic E-state index is 0.0451. The smallest absolute Gasteiger partial charge is 0.307 e. The molecular formula is C23H33NO10S. The van der Waals surface area contributed by atoms with Gasteiger partial charge >= 0.3 is 23.9 Å². The van der Waals surface area contributed by atoms with Crippen molar-refractivity contribution in [1.82, 2.24) is 4.90 Å². The number of sulfone groups is 1. The predicted molar refractivity (Wildman–Crippen MR) is 120 cm³/mol. The summed E-state index contributed by atoms with van der Waals surface area (Å²) in [5, 5.41) is 0. The Kier molecular flexibility index (Phi) is 6.45. The number of hydrogen-bond acceptors (Lipinski definition) is 11. The van der Waals surface area contributed by atoms with E-state index < -0.39 is 56.1 Å². The highest BCUT2D eigenvalue weighted by Crippen LogP contribution is 2.65. The van der Waals surface area contributed by atoms with Crippen LogP contribution in [-0.4, -0.2) is 90.7 Å². The molecule has 0 aromatic rings. The lowest BCUT2D eigenvalue weighted by atomic mass is 9.48. The highest BCUT2D eigenvalue weighted by Gasteiger charge is 2.74. The third-order valence-corrected chi connectivity index (χ3v) is 8.96. The molecule has 5 fully saturated rings. The minimum Gasteiger partial charge on any atom is -0.459 e. The second-order valence-corrected chi connectivity index (χ2v) is 13.1. The molecule has 0 amide bonds. The monoisotopic (exact) mass is 515 g/mol. The van der Waals surface area contributed by atoms with Crippen molar-refractivity contribution in [2.45, 2.75) is 88.1 Å². The largest absolute Gasteiger partial charge is 0.459 e. The number of hydrogen-bond donors (Lipinski definition) is 0. The van der Waals surface area contributed by atoms with E-state index in [2.05, 4.69) is 0 Å². The molecule has 4 bridgehead atoms. The second-order valence-electron chi connectivity index (χ2n) is 10.8. The number of carbonyl (C=O) groups excluding carboxylic acids is 4. The molecule has 11 nitrogen and oxygen atoms in total. The number of nitrogens with zero attached hydrogens (tertiary/aromatic N) is 1. The van der Waals surface area contributed by atoms with Crippen molar-refractivity contribution in [1.29, 1.82) is 0 Å². The fourth-order valence-electron chi connectivity index (χ4n) is 7.14. The van der Waals surface area contributed by atoms with Gasteiger partial charge in [-0.3, -0.25) is 19.2 Å².